The molecule has 1 heterocycles. The average molecular weight is 223 g/mol. The quantitative estimate of drug-likeness (QED) is 0.566. The molecular weight excluding hydrogens is 206 g/mol. The van der Waals surface area contributed by atoms with E-state index >= 15 is 0 Å². The molecule has 0 radical (unpaired) electrons. The van der Waals surface area contributed by atoms with E-state index in [2.05, 4.69) is 18.8 Å². The summed E-state index contributed by atoms with van der Waals surface area (Å²) < 4.78 is 0. The van der Waals surface area contributed by atoms with E-state index in [4.69, 9.17) is 0 Å². The number of aryl methyl sites for hydroxylation is 1. The van der Waals surface area contributed by atoms with E-state index in [1.807, 2.05) is 13.0 Å². The molecule has 82 valence electrons. The van der Waals surface area contributed by atoms with Crippen LogP contribution in [-0.2, 0) is 0 Å². The second-order valence-electron chi connectivity index (χ2n) is 3.83. The number of pyridine rings is 1. The van der Waals surface area contributed by atoms with Gasteiger partial charge in [-0.3, -0.25) is 4.79 Å². The minimum atomic E-state index is 0.653. The van der Waals surface area contributed by atoms with E-state index in [9.17, 15) is 4.79 Å². The van der Waals surface area contributed by atoms with Gasteiger partial charge in [0.2, 0.25) is 0 Å². The Morgan fingerprint density at radius 1 is 1.60 bits per heavy atom. The third kappa shape index (κ3) is 3.67. The first-order valence-corrected chi connectivity index (χ1v) is 6.20. The van der Waals surface area contributed by atoms with Gasteiger partial charge in [0, 0.05) is 17.5 Å². The van der Waals surface area contributed by atoms with Crippen LogP contribution >= 0.6 is 11.8 Å². The Morgan fingerprint density at radius 3 is 2.87 bits per heavy atom. The van der Waals surface area contributed by atoms with E-state index in [1.165, 1.54) is 6.42 Å². The fourth-order valence-electron chi connectivity index (χ4n) is 1.14. The molecular formula is C12H17NOS. The number of thioether (sulfide) groups is 1. The summed E-state index contributed by atoms with van der Waals surface area (Å²) >= 11 is 1.77. The summed E-state index contributed by atoms with van der Waals surface area (Å²) in [5.41, 5.74) is 1.74. The lowest BCUT2D eigenvalue weighted by Gasteiger charge is -2.08. The number of rotatable bonds is 5. The van der Waals surface area contributed by atoms with Crippen LogP contribution in [0.2, 0.25) is 0 Å². The number of carbonyl (C=O) groups is 1. The smallest absolute Gasteiger partial charge is 0.151 e. The van der Waals surface area contributed by atoms with Gasteiger partial charge in [0.05, 0.1) is 5.03 Å². The van der Waals surface area contributed by atoms with Crippen molar-refractivity contribution < 1.29 is 4.79 Å². The summed E-state index contributed by atoms with van der Waals surface area (Å²) in [7, 11) is 0. The maximum absolute atomic E-state index is 10.5. The van der Waals surface area contributed by atoms with Gasteiger partial charge in [-0.2, -0.15) is 0 Å². The Bertz CT molecular complexity index is 338. The van der Waals surface area contributed by atoms with Gasteiger partial charge in [0.1, 0.15) is 0 Å². The monoisotopic (exact) mass is 223 g/mol. The van der Waals surface area contributed by atoms with E-state index in [0.717, 1.165) is 22.6 Å². The maximum atomic E-state index is 10.5. The van der Waals surface area contributed by atoms with Crippen LogP contribution in [0.15, 0.2) is 17.3 Å². The molecule has 15 heavy (non-hydrogen) atoms. The van der Waals surface area contributed by atoms with Gasteiger partial charge in [-0.15, -0.1) is 11.8 Å². The lowest BCUT2D eigenvalue weighted by atomic mass is 10.2. The van der Waals surface area contributed by atoms with E-state index < -0.39 is 0 Å². The Kier molecular flexibility index (Phi) is 4.82. The van der Waals surface area contributed by atoms with Crippen LogP contribution < -0.4 is 0 Å². The normalized spacial score (nSPS) is 12.5. The second kappa shape index (κ2) is 5.91. The molecule has 1 unspecified atom stereocenters. The van der Waals surface area contributed by atoms with Crippen molar-refractivity contribution in [3.8, 4) is 0 Å². The molecule has 0 amide bonds. The third-order valence-electron chi connectivity index (χ3n) is 2.39. The van der Waals surface area contributed by atoms with Gasteiger partial charge in [-0.1, -0.05) is 20.3 Å². The standard InChI is InChI=1S/C12H17NOS/c1-4-9(2)8-15-12-10(3)5-11(7-14)6-13-12/h5-7,9H,4,8H2,1-3H3. The van der Waals surface area contributed by atoms with Crippen molar-refractivity contribution in [2.75, 3.05) is 5.75 Å². The van der Waals surface area contributed by atoms with Crippen LogP contribution in [0.5, 0.6) is 0 Å². The van der Waals surface area contributed by atoms with Gasteiger partial charge in [0.25, 0.3) is 0 Å². The molecule has 0 aliphatic carbocycles. The van der Waals surface area contributed by atoms with Gasteiger partial charge < -0.3 is 0 Å². The zero-order valence-corrected chi connectivity index (χ0v) is 10.3. The van der Waals surface area contributed by atoms with Crippen molar-refractivity contribution in [2.24, 2.45) is 5.92 Å². The number of aldehydes is 1. The highest BCUT2D eigenvalue weighted by Crippen LogP contribution is 2.23. The van der Waals surface area contributed by atoms with Crippen molar-refractivity contribution >= 4 is 18.0 Å². The van der Waals surface area contributed by atoms with E-state index in [0.29, 0.717) is 11.5 Å². The van der Waals surface area contributed by atoms with Crippen LogP contribution in [-0.4, -0.2) is 17.0 Å². The molecule has 0 aliphatic heterocycles. The number of hydrogen-bond acceptors (Lipinski definition) is 3. The van der Waals surface area contributed by atoms with Crippen LogP contribution in [0.3, 0.4) is 0 Å². The number of nitrogens with zero attached hydrogens (tertiary/aromatic N) is 1. The molecule has 0 spiro atoms. The first-order chi connectivity index (χ1) is 7.17. The van der Waals surface area contributed by atoms with Gasteiger partial charge in [-0.25, -0.2) is 4.98 Å². The van der Waals surface area contributed by atoms with Gasteiger partial charge >= 0.3 is 0 Å². The first kappa shape index (κ1) is 12.2. The van der Waals surface area contributed by atoms with Crippen LogP contribution in [0, 0.1) is 12.8 Å². The van der Waals surface area contributed by atoms with Gasteiger partial charge in [0.15, 0.2) is 6.29 Å². The highest BCUT2D eigenvalue weighted by Gasteiger charge is 2.05. The zero-order valence-electron chi connectivity index (χ0n) is 9.49. The largest absolute Gasteiger partial charge is 0.298 e. The summed E-state index contributed by atoms with van der Waals surface area (Å²) in [5, 5.41) is 1.04. The molecule has 0 fully saturated rings. The number of hydrogen-bond donors (Lipinski definition) is 0. The topological polar surface area (TPSA) is 30.0 Å². The highest BCUT2D eigenvalue weighted by molar-refractivity contribution is 7.99. The molecule has 0 saturated heterocycles. The lowest BCUT2D eigenvalue weighted by molar-refractivity contribution is 0.112. The molecule has 0 saturated carbocycles. The van der Waals surface area contributed by atoms with E-state index in [-0.39, 0.29) is 0 Å². The SMILES string of the molecule is CCC(C)CSc1ncc(C=O)cc1C. The molecule has 0 bridgehead atoms. The minimum absolute atomic E-state index is 0.653. The zero-order chi connectivity index (χ0) is 11.3. The Hall–Kier alpha value is -0.830. The molecule has 1 rings (SSSR count). The molecule has 0 N–H and O–H groups in total. The van der Waals surface area contributed by atoms with Crippen LogP contribution in [0.25, 0.3) is 0 Å². The molecule has 2 nitrogen and oxygen atoms in total. The predicted octanol–water partition coefficient (Wildman–Crippen LogP) is 3.34. The van der Waals surface area contributed by atoms with Crippen molar-refractivity contribution in [3.63, 3.8) is 0 Å². The molecule has 1 atom stereocenters. The number of aromatic nitrogens is 1. The van der Waals surface area contributed by atoms with Crippen molar-refractivity contribution in [3.05, 3.63) is 23.4 Å². The fourth-order valence-corrected chi connectivity index (χ4v) is 2.23. The molecule has 0 aromatic carbocycles. The Labute approximate surface area is 95.5 Å². The first-order valence-electron chi connectivity index (χ1n) is 5.22. The lowest BCUT2D eigenvalue weighted by Crippen LogP contribution is -1.97. The Balaban J connectivity index is 2.65. The van der Waals surface area contributed by atoms with Crippen LogP contribution in [0.4, 0.5) is 0 Å². The Morgan fingerprint density at radius 2 is 2.33 bits per heavy atom. The second-order valence-corrected chi connectivity index (χ2v) is 4.84. The van der Waals surface area contributed by atoms with Crippen molar-refractivity contribution in [1.29, 1.82) is 0 Å². The molecule has 3 heteroatoms. The molecule has 1 aromatic heterocycles. The summed E-state index contributed by atoms with van der Waals surface area (Å²) in [4.78, 5) is 14.8. The summed E-state index contributed by atoms with van der Waals surface area (Å²) in [5.74, 6) is 1.80. The number of carbonyl (C=O) groups excluding carboxylic acids is 1. The summed E-state index contributed by atoms with van der Waals surface area (Å²) in [6.07, 6.45) is 3.67. The predicted molar refractivity (Wildman–Crippen MR) is 64.5 cm³/mol. The minimum Gasteiger partial charge on any atom is -0.298 e. The highest BCUT2D eigenvalue weighted by atomic mass is 32.2. The summed E-state index contributed by atoms with van der Waals surface area (Å²) in [6, 6.07) is 1.89. The van der Waals surface area contributed by atoms with E-state index in [1.54, 1.807) is 18.0 Å². The molecule has 0 aliphatic rings. The third-order valence-corrected chi connectivity index (χ3v) is 3.83. The maximum Gasteiger partial charge on any atom is 0.151 e. The van der Waals surface area contributed by atoms with Crippen molar-refractivity contribution in [2.45, 2.75) is 32.2 Å². The van der Waals surface area contributed by atoms with Crippen molar-refractivity contribution in [1.82, 2.24) is 4.98 Å². The fraction of sp³-hybridized carbons (Fsp3) is 0.500. The molecule has 1 aromatic rings. The average Bonchev–Trinajstić information content (AvgIpc) is 2.26. The van der Waals surface area contributed by atoms with Crippen LogP contribution in [0.1, 0.15) is 36.2 Å². The van der Waals surface area contributed by atoms with Gasteiger partial charge in [-0.05, 0) is 24.5 Å². The summed E-state index contributed by atoms with van der Waals surface area (Å²) in [6.45, 7) is 6.43.